The molecule has 7 nitrogen and oxygen atoms in total. The molecule has 0 spiro atoms. The maximum atomic E-state index is 12.7. The molecule has 0 heterocycles. The first-order valence-corrected chi connectivity index (χ1v) is 8.47. The summed E-state index contributed by atoms with van der Waals surface area (Å²) >= 11 is 0. The Hall–Kier alpha value is -2.74. The Morgan fingerprint density at radius 1 is 1.00 bits per heavy atom. The molecular weight excluding hydrogens is 332 g/mol. The van der Waals surface area contributed by atoms with Crippen LogP contribution >= 0.6 is 0 Å². The molecule has 0 fully saturated rings. The van der Waals surface area contributed by atoms with Crippen LogP contribution in [-0.4, -0.2) is 28.5 Å². The van der Waals surface area contributed by atoms with E-state index in [1.165, 1.54) is 39.3 Å². The summed E-state index contributed by atoms with van der Waals surface area (Å²) in [6.45, 7) is 1.35. The van der Waals surface area contributed by atoms with Crippen molar-refractivity contribution in [3.63, 3.8) is 0 Å². The van der Waals surface area contributed by atoms with E-state index in [0.717, 1.165) is 0 Å². The second-order valence-corrected chi connectivity index (χ2v) is 6.50. The number of benzene rings is 2. The Morgan fingerprint density at radius 3 is 2.25 bits per heavy atom. The van der Waals surface area contributed by atoms with Crippen molar-refractivity contribution in [2.45, 2.75) is 11.8 Å². The average Bonchev–Trinajstić information content (AvgIpc) is 2.55. The number of carbonyl (C=O) groups is 1. The standard InChI is InChI=1S/C16H18N2O5S/c1-11(19)17-13-6-4-5-7-14(13)18-24(20,21)16-9-8-12(22-2)10-15(16)23-3/h4-10,18H,1-3H3,(H,17,19). The number of methoxy groups -OCH3 is 2. The molecule has 0 atom stereocenters. The van der Waals surface area contributed by atoms with E-state index in [0.29, 0.717) is 11.4 Å². The Labute approximate surface area is 140 Å². The summed E-state index contributed by atoms with van der Waals surface area (Å²) in [5.74, 6) is 0.326. The topological polar surface area (TPSA) is 93.7 Å². The van der Waals surface area contributed by atoms with Gasteiger partial charge >= 0.3 is 0 Å². The van der Waals surface area contributed by atoms with Gasteiger partial charge in [-0.25, -0.2) is 8.42 Å². The van der Waals surface area contributed by atoms with Crippen LogP contribution in [0.5, 0.6) is 11.5 Å². The van der Waals surface area contributed by atoms with Crippen LogP contribution in [-0.2, 0) is 14.8 Å². The first-order valence-electron chi connectivity index (χ1n) is 6.99. The number of sulfonamides is 1. The van der Waals surface area contributed by atoms with Gasteiger partial charge in [0.1, 0.15) is 16.4 Å². The highest BCUT2D eigenvalue weighted by Gasteiger charge is 2.21. The molecule has 8 heteroatoms. The number of ether oxygens (including phenoxy) is 2. The normalized spacial score (nSPS) is 10.8. The minimum absolute atomic E-state index is 0.0385. The molecule has 0 aliphatic carbocycles. The van der Waals surface area contributed by atoms with Gasteiger partial charge < -0.3 is 14.8 Å². The summed E-state index contributed by atoms with van der Waals surface area (Å²) in [6.07, 6.45) is 0. The maximum absolute atomic E-state index is 12.7. The van der Waals surface area contributed by atoms with Gasteiger partial charge in [-0.1, -0.05) is 12.1 Å². The smallest absolute Gasteiger partial charge is 0.265 e. The lowest BCUT2D eigenvalue weighted by atomic mass is 10.3. The van der Waals surface area contributed by atoms with E-state index in [-0.39, 0.29) is 22.2 Å². The van der Waals surface area contributed by atoms with E-state index < -0.39 is 10.0 Å². The molecule has 0 unspecified atom stereocenters. The molecular formula is C16H18N2O5S. The summed E-state index contributed by atoms with van der Waals surface area (Å²) in [5.41, 5.74) is 0.617. The van der Waals surface area contributed by atoms with Gasteiger partial charge in [0, 0.05) is 13.0 Å². The fourth-order valence-corrected chi connectivity index (χ4v) is 3.30. The number of amides is 1. The van der Waals surface area contributed by atoms with Crippen molar-refractivity contribution in [1.82, 2.24) is 0 Å². The highest BCUT2D eigenvalue weighted by atomic mass is 32.2. The molecule has 0 bridgehead atoms. The summed E-state index contributed by atoms with van der Waals surface area (Å²) in [7, 11) is -1.07. The van der Waals surface area contributed by atoms with Crippen molar-refractivity contribution in [3.05, 3.63) is 42.5 Å². The Morgan fingerprint density at radius 2 is 1.67 bits per heavy atom. The molecule has 2 N–H and O–H groups in total. The Kier molecular flexibility index (Phi) is 5.30. The zero-order chi connectivity index (χ0) is 17.7. The minimum Gasteiger partial charge on any atom is -0.497 e. The summed E-state index contributed by atoms with van der Waals surface area (Å²) < 4.78 is 38.0. The van der Waals surface area contributed by atoms with Crippen molar-refractivity contribution in [2.24, 2.45) is 0 Å². The summed E-state index contributed by atoms with van der Waals surface area (Å²) in [5, 5.41) is 2.58. The monoisotopic (exact) mass is 350 g/mol. The first-order chi connectivity index (χ1) is 11.4. The molecule has 2 aromatic carbocycles. The van der Waals surface area contributed by atoms with Crippen LogP contribution in [0.2, 0.25) is 0 Å². The highest BCUT2D eigenvalue weighted by Crippen LogP contribution is 2.31. The quantitative estimate of drug-likeness (QED) is 0.835. The van der Waals surface area contributed by atoms with Gasteiger partial charge in [-0.15, -0.1) is 0 Å². The van der Waals surface area contributed by atoms with Crippen molar-refractivity contribution in [2.75, 3.05) is 24.3 Å². The van der Waals surface area contributed by atoms with Crippen molar-refractivity contribution in [3.8, 4) is 11.5 Å². The van der Waals surface area contributed by atoms with Gasteiger partial charge in [0.2, 0.25) is 5.91 Å². The number of para-hydroxylation sites is 2. The lowest BCUT2D eigenvalue weighted by molar-refractivity contribution is -0.114. The van der Waals surface area contributed by atoms with Gasteiger partial charge in [0.25, 0.3) is 10.0 Å². The second-order valence-electron chi connectivity index (χ2n) is 4.85. The zero-order valence-corrected chi connectivity index (χ0v) is 14.3. The first kappa shape index (κ1) is 17.6. The molecule has 24 heavy (non-hydrogen) atoms. The maximum Gasteiger partial charge on any atom is 0.265 e. The van der Waals surface area contributed by atoms with E-state index in [9.17, 15) is 13.2 Å². The zero-order valence-electron chi connectivity index (χ0n) is 13.5. The largest absolute Gasteiger partial charge is 0.497 e. The fraction of sp³-hybridized carbons (Fsp3) is 0.188. The molecule has 1 amide bonds. The van der Waals surface area contributed by atoms with Crippen LogP contribution in [0, 0.1) is 0 Å². The van der Waals surface area contributed by atoms with Gasteiger partial charge in [-0.2, -0.15) is 0 Å². The number of nitrogens with one attached hydrogen (secondary N) is 2. The Bertz CT molecular complexity index is 849. The Balaban J connectivity index is 2.41. The lowest BCUT2D eigenvalue weighted by Gasteiger charge is -2.15. The van der Waals surface area contributed by atoms with Crippen LogP contribution in [0.3, 0.4) is 0 Å². The van der Waals surface area contributed by atoms with E-state index in [1.807, 2.05) is 0 Å². The second kappa shape index (κ2) is 7.22. The molecule has 0 aliphatic heterocycles. The lowest BCUT2D eigenvalue weighted by Crippen LogP contribution is -2.16. The van der Waals surface area contributed by atoms with Crippen LogP contribution in [0.25, 0.3) is 0 Å². The number of anilines is 2. The van der Waals surface area contributed by atoms with Crippen molar-refractivity contribution in [1.29, 1.82) is 0 Å². The molecule has 0 aliphatic rings. The third kappa shape index (κ3) is 3.96. The summed E-state index contributed by atoms with van der Waals surface area (Å²) in [4.78, 5) is 11.2. The molecule has 0 aromatic heterocycles. The van der Waals surface area contributed by atoms with Gasteiger partial charge in [0.15, 0.2) is 0 Å². The molecule has 0 saturated heterocycles. The van der Waals surface area contributed by atoms with Crippen molar-refractivity contribution < 1.29 is 22.7 Å². The van der Waals surface area contributed by atoms with Gasteiger partial charge in [-0.05, 0) is 24.3 Å². The molecule has 0 radical (unpaired) electrons. The van der Waals surface area contributed by atoms with Crippen LogP contribution in [0.15, 0.2) is 47.4 Å². The third-order valence-electron chi connectivity index (χ3n) is 3.14. The van der Waals surface area contributed by atoms with Crippen LogP contribution < -0.4 is 19.5 Å². The van der Waals surface area contributed by atoms with Crippen LogP contribution in [0.4, 0.5) is 11.4 Å². The van der Waals surface area contributed by atoms with Crippen LogP contribution in [0.1, 0.15) is 6.92 Å². The molecule has 128 valence electrons. The SMILES string of the molecule is COc1ccc(S(=O)(=O)Nc2ccccc2NC(C)=O)c(OC)c1. The third-order valence-corrected chi connectivity index (χ3v) is 4.55. The number of rotatable bonds is 6. The molecule has 2 aromatic rings. The van der Waals surface area contributed by atoms with E-state index in [2.05, 4.69) is 10.0 Å². The van der Waals surface area contributed by atoms with E-state index in [1.54, 1.807) is 24.3 Å². The summed E-state index contributed by atoms with van der Waals surface area (Å²) in [6, 6.07) is 10.9. The molecule has 2 rings (SSSR count). The van der Waals surface area contributed by atoms with E-state index >= 15 is 0 Å². The van der Waals surface area contributed by atoms with Gasteiger partial charge in [-0.3, -0.25) is 9.52 Å². The number of hydrogen-bond donors (Lipinski definition) is 2. The number of carbonyl (C=O) groups excluding carboxylic acids is 1. The minimum atomic E-state index is -3.92. The predicted molar refractivity (Wildman–Crippen MR) is 91.1 cm³/mol. The van der Waals surface area contributed by atoms with E-state index in [4.69, 9.17) is 9.47 Å². The van der Waals surface area contributed by atoms with Crippen molar-refractivity contribution >= 4 is 27.3 Å². The fourth-order valence-electron chi connectivity index (χ4n) is 2.07. The molecule has 0 saturated carbocycles. The van der Waals surface area contributed by atoms with Gasteiger partial charge in [0.05, 0.1) is 25.6 Å². The predicted octanol–water partition coefficient (Wildman–Crippen LogP) is 2.46. The number of hydrogen-bond acceptors (Lipinski definition) is 5. The highest BCUT2D eigenvalue weighted by molar-refractivity contribution is 7.92. The average molecular weight is 350 g/mol.